The number of benzene rings is 2. The first kappa shape index (κ1) is 16.7. The van der Waals surface area contributed by atoms with Crippen LogP contribution >= 0.6 is 0 Å². The van der Waals surface area contributed by atoms with E-state index in [9.17, 15) is 0 Å². The Kier molecular flexibility index (Phi) is 3.59. The molecule has 0 N–H and O–H groups in total. The zero-order valence-corrected chi connectivity index (χ0v) is 15.5. The maximum Gasteiger partial charge on any atom is 0.729 e. The number of hydrogen-bond donors (Lipinski definition) is 0. The molecule has 0 saturated heterocycles. The number of pyridine rings is 1. The Morgan fingerprint density at radius 2 is 1.14 bits per heavy atom. The lowest BCUT2D eigenvalue weighted by Gasteiger charge is -2.38. The number of aromatic nitrogens is 1. The van der Waals surface area contributed by atoms with E-state index in [0.29, 0.717) is 22.8 Å². The molecular formula is C21H17BFN3O2. The number of hydrogen-bond acceptors (Lipinski definition) is 4. The average molecular weight is 373 g/mol. The number of aryl methyl sites for hydroxylation is 2. The number of halogens is 1. The van der Waals surface area contributed by atoms with E-state index in [1.165, 1.54) is 4.48 Å². The Morgan fingerprint density at radius 3 is 1.57 bits per heavy atom. The van der Waals surface area contributed by atoms with Gasteiger partial charge in [-0.05, 0) is 44.2 Å². The van der Waals surface area contributed by atoms with Gasteiger partial charge in [0.1, 0.15) is 0 Å². The number of nitrogens with zero attached hydrogens (tertiary/aromatic N) is 3. The van der Waals surface area contributed by atoms with Gasteiger partial charge in [0.15, 0.2) is 0 Å². The predicted octanol–water partition coefficient (Wildman–Crippen LogP) is 4.06. The Morgan fingerprint density at radius 1 is 0.714 bits per heavy atom. The molecule has 1 aromatic heterocycles. The quantitative estimate of drug-likeness (QED) is 0.636. The van der Waals surface area contributed by atoms with E-state index in [1.54, 1.807) is 18.2 Å². The highest BCUT2D eigenvalue weighted by molar-refractivity contribution is 6.57. The van der Waals surface area contributed by atoms with E-state index in [2.05, 4.69) is 9.98 Å². The van der Waals surface area contributed by atoms with Crippen molar-refractivity contribution in [2.75, 3.05) is 0 Å². The second-order valence-corrected chi connectivity index (χ2v) is 7.00. The van der Waals surface area contributed by atoms with Crippen LogP contribution in [0.3, 0.4) is 0 Å². The maximum atomic E-state index is 16.1. The van der Waals surface area contributed by atoms with Gasteiger partial charge >= 0.3 is 6.96 Å². The van der Waals surface area contributed by atoms with Crippen molar-refractivity contribution < 1.29 is 18.1 Å². The molecule has 0 amide bonds. The molecule has 7 heteroatoms. The lowest BCUT2D eigenvalue weighted by molar-refractivity contribution is -0.561. The summed E-state index contributed by atoms with van der Waals surface area (Å²) in [6.45, 7) is 0.598. The van der Waals surface area contributed by atoms with Crippen LogP contribution in [0.5, 0.6) is 0 Å². The van der Waals surface area contributed by atoms with Gasteiger partial charge < -0.3 is 18.1 Å². The zero-order valence-electron chi connectivity index (χ0n) is 15.5. The van der Waals surface area contributed by atoms with Gasteiger partial charge in [-0.3, -0.25) is 0 Å². The van der Waals surface area contributed by atoms with Gasteiger partial charge in [-0.15, -0.1) is 0 Å². The molecule has 0 spiro atoms. The van der Waals surface area contributed by atoms with Crippen LogP contribution in [0, 0.1) is 13.8 Å². The summed E-state index contributed by atoms with van der Waals surface area (Å²) in [5.41, 5.74) is 3.56. The van der Waals surface area contributed by atoms with Crippen LogP contribution in [0.1, 0.15) is 22.3 Å². The first-order valence-corrected chi connectivity index (χ1v) is 9.08. The standard InChI is InChI=1S/C21H17BFN3O2/c1-14-6-10-16(11-7-14)20-24-18-4-3-5-19-25-21(17-12-8-15(2)9-13-17)28-22(23,27-20)26(18)19/h3-13H,1-2H3. The summed E-state index contributed by atoms with van der Waals surface area (Å²) in [6.07, 6.45) is 0. The second kappa shape index (κ2) is 6.02. The van der Waals surface area contributed by atoms with Crippen molar-refractivity contribution in [3.05, 3.63) is 89.0 Å². The molecule has 5 nitrogen and oxygen atoms in total. The van der Waals surface area contributed by atoms with Crippen molar-refractivity contribution in [3.63, 3.8) is 0 Å². The Bertz CT molecular complexity index is 1060. The normalized spacial score (nSPS) is 16.2. The molecule has 3 heterocycles. The Balaban J connectivity index is 1.62. The lowest BCUT2D eigenvalue weighted by Crippen LogP contribution is -2.70. The third kappa shape index (κ3) is 2.67. The van der Waals surface area contributed by atoms with Crippen molar-refractivity contribution >= 4 is 30.4 Å². The van der Waals surface area contributed by atoms with Gasteiger partial charge in [-0.1, -0.05) is 45.4 Å². The first-order chi connectivity index (χ1) is 13.5. The first-order valence-electron chi connectivity index (χ1n) is 9.08. The smallest absolute Gasteiger partial charge is 0.596 e. The fraction of sp³-hybridized carbons (Fsp3) is 0.0952. The van der Waals surface area contributed by atoms with Crippen LogP contribution in [0.4, 0.5) is 16.0 Å². The molecule has 0 radical (unpaired) electrons. The molecule has 5 rings (SSSR count). The van der Waals surface area contributed by atoms with Crippen molar-refractivity contribution in [2.45, 2.75) is 13.8 Å². The molecule has 0 aliphatic carbocycles. The Hall–Kier alpha value is -3.48. The molecule has 138 valence electrons. The van der Waals surface area contributed by atoms with E-state index in [4.69, 9.17) is 9.31 Å². The lowest BCUT2D eigenvalue weighted by atomic mass is 9.95. The van der Waals surface area contributed by atoms with E-state index >= 15 is 4.32 Å². The van der Waals surface area contributed by atoms with Crippen LogP contribution in [0.25, 0.3) is 0 Å². The van der Waals surface area contributed by atoms with Crippen LogP contribution in [-0.4, -0.2) is 18.8 Å². The van der Waals surface area contributed by atoms with Gasteiger partial charge in [0, 0.05) is 12.1 Å². The third-order valence-corrected chi connectivity index (χ3v) is 4.84. The molecule has 0 fully saturated rings. The van der Waals surface area contributed by atoms with Crippen LogP contribution in [0.2, 0.25) is 0 Å². The van der Waals surface area contributed by atoms with Crippen LogP contribution in [-0.2, 0) is 9.31 Å². The zero-order chi connectivity index (χ0) is 19.3. The highest BCUT2D eigenvalue weighted by Crippen LogP contribution is 2.30. The summed E-state index contributed by atoms with van der Waals surface area (Å²) in [5, 5.41) is 0. The van der Waals surface area contributed by atoms with Crippen molar-refractivity contribution in [1.29, 1.82) is 0 Å². The number of rotatable bonds is 2. The second-order valence-electron chi connectivity index (χ2n) is 7.00. The van der Waals surface area contributed by atoms with E-state index in [1.807, 2.05) is 62.4 Å². The minimum absolute atomic E-state index is 0.185. The maximum absolute atomic E-state index is 16.1. The van der Waals surface area contributed by atoms with E-state index in [-0.39, 0.29) is 11.8 Å². The molecule has 2 aliphatic heterocycles. The van der Waals surface area contributed by atoms with Gasteiger partial charge in [0.2, 0.25) is 11.6 Å². The van der Waals surface area contributed by atoms with Crippen molar-refractivity contribution in [1.82, 2.24) is 0 Å². The summed E-state index contributed by atoms with van der Waals surface area (Å²) in [6, 6.07) is 20.3. The highest BCUT2D eigenvalue weighted by Gasteiger charge is 2.52. The molecule has 2 aromatic carbocycles. The molecule has 28 heavy (non-hydrogen) atoms. The SMILES string of the molecule is Cc1ccc(C2=Nc3cccc4[n+]3[B-](F)(O2)OC(c2ccc(C)cc2)=N4)cc1. The van der Waals surface area contributed by atoms with Crippen LogP contribution in [0.15, 0.2) is 76.7 Å². The summed E-state index contributed by atoms with van der Waals surface area (Å²) < 4.78 is 28.7. The third-order valence-electron chi connectivity index (χ3n) is 4.84. The fourth-order valence-corrected chi connectivity index (χ4v) is 3.32. The largest absolute Gasteiger partial charge is 0.729 e. The van der Waals surface area contributed by atoms with Crippen LogP contribution < -0.4 is 4.48 Å². The molecule has 0 bridgehead atoms. The minimum Gasteiger partial charge on any atom is -0.596 e. The summed E-state index contributed by atoms with van der Waals surface area (Å²) in [7, 11) is 0. The van der Waals surface area contributed by atoms with Gasteiger partial charge in [-0.2, -0.15) is 0 Å². The van der Waals surface area contributed by atoms with Gasteiger partial charge in [-0.25, -0.2) is 0 Å². The van der Waals surface area contributed by atoms with Gasteiger partial charge in [0.05, 0.1) is 11.1 Å². The molecule has 0 atom stereocenters. The fourth-order valence-electron chi connectivity index (χ4n) is 3.32. The molecular weight excluding hydrogens is 356 g/mol. The number of aliphatic imine (C=N–C) groups is 2. The molecule has 3 aromatic rings. The molecule has 0 saturated carbocycles. The highest BCUT2D eigenvalue weighted by atomic mass is 19.1. The summed E-state index contributed by atoms with van der Waals surface area (Å²) in [4.78, 5) is 8.95. The van der Waals surface area contributed by atoms with Crippen molar-refractivity contribution in [2.24, 2.45) is 9.98 Å². The molecule has 0 unspecified atom stereocenters. The monoisotopic (exact) mass is 373 g/mol. The van der Waals surface area contributed by atoms with Crippen molar-refractivity contribution in [3.8, 4) is 0 Å². The summed E-state index contributed by atoms with van der Waals surface area (Å²) >= 11 is 0. The summed E-state index contributed by atoms with van der Waals surface area (Å²) in [5.74, 6) is 1.16. The predicted molar refractivity (Wildman–Crippen MR) is 106 cm³/mol. The Labute approximate surface area is 161 Å². The molecule has 2 aliphatic rings. The average Bonchev–Trinajstić information content (AvgIpc) is 2.68. The van der Waals surface area contributed by atoms with E-state index in [0.717, 1.165) is 11.1 Å². The topological polar surface area (TPSA) is 47.1 Å². The van der Waals surface area contributed by atoms with E-state index < -0.39 is 6.96 Å². The van der Waals surface area contributed by atoms with Gasteiger partial charge in [0.25, 0.3) is 11.8 Å². The minimum atomic E-state index is -3.37.